The zero-order chi connectivity index (χ0) is 11.8. The molecular weight excluding hydrogens is 274 g/mol. The third-order valence-corrected chi connectivity index (χ3v) is 5.08. The van der Waals surface area contributed by atoms with Crippen molar-refractivity contribution in [2.45, 2.75) is 50.5 Å². The van der Waals surface area contributed by atoms with E-state index in [2.05, 4.69) is 34.1 Å². The lowest BCUT2D eigenvalue weighted by Gasteiger charge is -2.35. The molecule has 0 amide bonds. The molecule has 2 N–H and O–H groups in total. The molecule has 1 aromatic carbocycles. The van der Waals surface area contributed by atoms with E-state index in [0.29, 0.717) is 12.0 Å². The molecule has 1 fully saturated rings. The molecule has 0 bridgehead atoms. The zero-order valence-electron chi connectivity index (χ0n) is 10.2. The van der Waals surface area contributed by atoms with E-state index in [-0.39, 0.29) is 0 Å². The number of aryl methyl sites for hydroxylation is 1. The average Bonchev–Trinajstić information content (AvgIpc) is 2.82. The molecule has 3 rings (SSSR count). The van der Waals surface area contributed by atoms with Gasteiger partial charge in [-0.1, -0.05) is 34.8 Å². The number of fused-ring (bicyclic) bond motifs is 1. The number of halogens is 1. The monoisotopic (exact) mass is 293 g/mol. The van der Waals surface area contributed by atoms with Crippen LogP contribution < -0.4 is 5.73 Å². The summed E-state index contributed by atoms with van der Waals surface area (Å²) < 4.78 is 1.20. The Balaban J connectivity index is 1.99. The van der Waals surface area contributed by atoms with Crippen LogP contribution >= 0.6 is 15.9 Å². The maximum Gasteiger partial charge on any atom is 0.0178 e. The highest BCUT2D eigenvalue weighted by molar-refractivity contribution is 9.10. The highest BCUT2D eigenvalue weighted by Gasteiger charge is 2.34. The molecular formula is C15H20BrN. The average molecular weight is 294 g/mol. The second-order valence-corrected chi connectivity index (χ2v) is 6.53. The van der Waals surface area contributed by atoms with Gasteiger partial charge in [0.05, 0.1) is 0 Å². The Bertz CT molecular complexity index is 409. The first-order valence-corrected chi connectivity index (χ1v) is 7.59. The first-order valence-electron chi connectivity index (χ1n) is 6.79. The van der Waals surface area contributed by atoms with Crippen molar-refractivity contribution in [2.75, 3.05) is 0 Å². The first kappa shape index (κ1) is 11.7. The lowest BCUT2D eigenvalue weighted by molar-refractivity contribution is 0.344. The standard InChI is InChI=1S/C15H20BrN/c16-12-7-5-10-6-8-14(17)15(13(10)9-12)11-3-1-2-4-11/h5,7,9,11,14-15H,1-4,6,8,17H2. The number of hydrogen-bond donors (Lipinski definition) is 1. The third kappa shape index (κ3) is 2.17. The molecule has 0 aliphatic heterocycles. The van der Waals surface area contributed by atoms with Crippen molar-refractivity contribution >= 4 is 15.9 Å². The van der Waals surface area contributed by atoms with Gasteiger partial charge in [0, 0.05) is 16.4 Å². The normalized spacial score (nSPS) is 29.3. The molecule has 0 spiro atoms. The first-order chi connectivity index (χ1) is 8.25. The fourth-order valence-electron chi connectivity index (χ4n) is 3.76. The minimum Gasteiger partial charge on any atom is -0.327 e. The van der Waals surface area contributed by atoms with E-state index in [0.717, 1.165) is 18.8 Å². The van der Waals surface area contributed by atoms with Crippen LogP contribution in [0.4, 0.5) is 0 Å². The molecule has 0 heterocycles. The van der Waals surface area contributed by atoms with Gasteiger partial charge in [-0.25, -0.2) is 0 Å². The Morgan fingerprint density at radius 1 is 1.12 bits per heavy atom. The van der Waals surface area contributed by atoms with E-state index in [4.69, 9.17) is 5.73 Å². The summed E-state index contributed by atoms with van der Waals surface area (Å²) in [7, 11) is 0. The highest BCUT2D eigenvalue weighted by atomic mass is 79.9. The predicted molar refractivity (Wildman–Crippen MR) is 75.1 cm³/mol. The number of rotatable bonds is 1. The molecule has 2 aliphatic carbocycles. The van der Waals surface area contributed by atoms with Gasteiger partial charge in [-0.05, 0) is 54.9 Å². The summed E-state index contributed by atoms with van der Waals surface area (Å²) >= 11 is 3.61. The second-order valence-electron chi connectivity index (χ2n) is 5.62. The fourth-order valence-corrected chi connectivity index (χ4v) is 4.13. The molecule has 0 saturated heterocycles. The van der Waals surface area contributed by atoms with Crippen molar-refractivity contribution in [3.8, 4) is 0 Å². The van der Waals surface area contributed by atoms with Crippen LogP contribution in [-0.2, 0) is 6.42 Å². The van der Waals surface area contributed by atoms with Crippen LogP contribution in [0.15, 0.2) is 22.7 Å². The largest absolute Gasteiger partial charge is 0.327 e. The Morgan fingerprint density at radius 2 is 1.88 bits per heavy atom. The lowest BCUT2D eigenvalue weighted by atomic mass is 9.72. The van der Waals surface area contributed by atoms with Gasteiger partial charge in [0.15, 0.2) is 0 Å². The molecule has 92 valence electrons. The lowest BCUT2D eigenvalue weighted by Crippen LogP contribution is -2.36. The molecule has 17 heavy (non-hydrogen) atoms. The number of nitrogens with two attached hydrogens (primary N) is 1. The van der Waals surface area contributed by atoms with Crippen LogP contribution in [0.3, 0.4) is 0 Å². The van der Waals surface area contributed by atoms with Crippen LogP contribution in [0, 0.1) is 5.92 Å². The third-order valence-electron chi connectivity index (χ3n) is 4.58. The SMILES string of the molecule is NC1CCc2ccc(Br)cc2C1C1CCCC1. The smallest absolute Gasteiger partial charge is 0.0178 e. The Hall–Kier alpha value is -0.340. The molecule has 1 aromatic rings. The number of benzene rings is 1. The summed E-state index contributed by atoms with van der Waals surface area (Å²) in [5, 5.41) is 0. The molecule has 1 nitrogen and oxygen atoms in total. The van der Waals surface area contributed by atoms with Gasteiger partial charge in [-0.15, -0.1) is 0 Å². The van der Waals surface area contributed by atoms with E-state index >= 15 is 0 Å². The minimum atomic E-state index is 0.375. The van der Waals surface area contributed by atoms with Crippen molar-refractivity contribution in [1.29, 1.82) is 0 Å². The summed E-state index contributed by atoms with van der Waals surface area (Å²) in [6.07, 6.45) is 7.88. The molecule has 2 heteroatoms. The van der Waals surface area contributed by atoms with Crippen molar-refractivity contribution in [3.05, 3.63) is 33.8 Å². The summed E-state index contributed by atoms with van der Waals surface area (Å²) in [4.78, 5) is 0. The van der Waals surface area contributed by atoms with Crippen molar-refractivity contribution in [2.24, 2.45) is 11.7 Å². The van der Waals surface area contributed by atoms with Crippen LogP contribution in [0.25, 0.3) is 0 Å². The Labute approximate surface area is 112 Å². The predicted octanol–water partition coefficient (Wildman–Crippen LogP) is 4.00. The summed E-state index contributed by atoms with van der Waals surface area (Å²) in [6, 6.07) is 7.14. The maximum atomic E-state index is 6.41. The Kier molecular flexibility index (Phi) is 3.27. The molecule has 1 saturated carbocycles. The van der Waals surface area contributed by atoms with Crippen molar-refractivity contribution in [1.82, 2.24) is 0 Å². The van der Waals surface area contributed by atoms with Gasteiger partial charge in [0.2, 0.25) is 0 Å². The molecule has 2 unspecified atom stereocenters. The van der Waals surface area contributed by atoms with Gasteiger partial charge in [0.1, 0.15) is 0 Å². The van der Waals surface area contributed by atoms with Crippen LogP contribution in [0.5, 0.6) is 0 Å². The van der Waals surface area contributed by atoms with E-state index in [1.165, 1.54) is 41.3 Å². The van der Waals surface area contributed by atoms with Gasteiger partial charge in [-0.2, -0.15) is 0 Å². The van der Waals surface area contributed by atoms with Gasteiger partial charge in [0.25, 0.3) is 0 Å². The summed E-state index contributed by atoms with van der Waals surface area (Å²) in [5.41, 5.74) is 9.47. The Morgan fingerprint density at radius 3 is 2.65 bits per heavy atom. The topological polar surface area (TPSA) is 26.0 Å². The second kappa shape index (κ2) is 4.74. The van der Waals surface area contributed by atoms with Crippen LogP contribution in [-0.4, -0.2) is 6.04 Å². The summed E-state index contributed by atoms with van der Waals surface area (Å²) in [5.74, 6) is 1.44. The van der Waals surface area contributed by atoms with E-state index in [9.17, 15) is 0 Å². The maximum absolute atomic E-state index is 6.41. The quantitative estimate of drug-likeness (QED) is 0.832. The van der Waals surface area contributed by atoms with Crippen molar-refractivity contribution < 1.29 is 0 Å². The fraction of sp³-hybridized carbons (Fsp3) is 0.600. The van der Waals surface area contributed by atoms with Gasteiger partial charge < -0.3 is 5.73 Å². The van der Waals surface area contributed by atoms with E-state index in [1.54, 1.807) is 0 Å². The summed E-state index contributed by atoms with van der Waals surface area (Å²) in [6.45, 7) is 0. The van der Waals surface area contributed by atoms with Gasteiger partial charge >= 0.3 is 0 Å². The van der Waals surface area contributed by atoms with Crippen LogP contribution in [0.1, 0.15) is 49.1 Å². The minimum absolute atomic E-state index is 0.375. The molecule has 0 radical (unpaired) electrons. The molecule has 2 atom stereocenters. The van der Waals surface area contributed by atoms with Crippen LogP contribution in [0.2, 0.25) is 0 Å². The van der Waals surface area contributed by atoms with E-state index in [1.807, 2.05) is 0 Å². The van der Waals surface area contributed by atoms with Gasteiger partial charge in [-0.3, -0.25) is 0 Å². The highest BCUT2D eigenvalue weighted by Crippen LogP contribution is 2.44. The van der Waals surface area contributed by atoms with Crippen molar-refractivity contribution in [3.63, 3.8) is 0 Å². The molecule has 2 aliphatic rings. The van der Waals surface area contributed by atoms with E-state index < -0.39 is 0 Å². The number of hydrogen-bond acceptors (Lipinski definition) is 1. The zero-order valence-corrected chi connectivity index (χ0v) is 11.7. The molecule has 0 aromatic heterocycles.